The molecule has 0 aromatic carbocycles. The van der Waals surface area contributed by atoms with Crippen molar-refractivity contribution in [2.24, 2.45) is 0 Å². The molecule has 0 unspecified atom stereocenters. The van der Waals surface area contributed by atoms with E-state index in [-0.39, 0.29) is 0 Å². The normalized spacial score (nSPS) is 11.6. The van der Waals surface area contributed by atoms with Crippen molar-refractivity contribution in [1.29, 1.82) is 0 Å². The summed E-state index contributed by atoms with van der Waals surface area (Å²) in [6.07, 6.45) is 6.76. The first kappa shape index (κ1) is 16.3. The van der Waals surface area contributed by atoms with Gasteiger partial charge in [0, 0.05) is 12.4 Å². The molecule has 21 heavy (non-hydrogen) atoms. The van der Waals surface area contributed by atoms with E-state index < -0.39 is 0 Å². The van der Waals surface area contributed by atoms with Gasteiger partial charge in [-0.05, 0) is 36.7 Å². The number of hydrogen-bond acceptors (Lipinski definition) is 4. The van der Waals surface area contributed by atoms with Gasteiger partial charge in [0.15, 0.2) is 5.82 Å². The van der Waals surface area contributed by atoms with Crippen LogP contribution in [-0.2, 0) is 11.5 Å². The average Bonchev–Trinajstić information content (AvgIpc) is 2.80. The first-order valence-corrected chi connectivity index (χ1v) is 8.77. The fourth-order valence-corrected chi connectivity index (χ4v) is 3.12. The van der Waals surface area contributed by atoms with Crippen molar-refractivity contribution in [1.82, 2.24) is 19.5 Å². The Morgan fingerprint density at radius 2 is 2.05 bits per heavy atom. The van der Waals surface area contributed by atoms with E-state index >= 15 is 0 Å². The Kier molecular flexibility index (Phi) is 5.66. The predicted molar refractivity (Wildman–Crippen MR) is 87.2 cm³/mol. The van der Waals surface area contributed by atoms with Gasteiger partial charge < -0.3 is 4.74 Å². The number of aromatic nitrogens is 4. The van der Waals surface area contributed by atoms with E-state index in [2.05, 4.69) is 51.7 Å². The second kappa shape index (κ2) is 7.28. The minimum Gasteiger partial charge on any atom is -0.358 e. The summed E-state index contributed by atoms with van der Waals surface area (Å²) in [7, 11) is 0.900. The van der Waals surface area contributed by atoms with E-state index in [0.717, 1.165) is 38.3 Å². The van der Waals surface area contributed by atoms with Crippen LogP contribution in [0, 0.1) is 0 Å². The number of ether oxygens (including phenoxy) is 1. The maximum Gasteiger partial charge on any atom is 0.489 e. The fourth-order valence-electron chi connectivity index (χ4n) is 1.75. The maximum absolute atomic E-state index is 5.77. The zero-order valence-electron chi connectivity index (χ0n) is 12.5. The van der Waals surface area contributed by atoms with Crippen LogP contribution in [0.2, 0.25) is 11.1 Å². The van der Waals surface area contributed by atoms with Gasteiger partial charge >= 0.3 is 9.52 Å². The van der Waals surface area contributed by atoms with Crippen molar-refractivity contribution in [3.63, 3.8) is 0 Å². The van der Waals surface area contributed by atoms with Gasteiger partial charge in [0.2, 0.25) is 0 Å². The van der Waals surface area contributed by atoms with E-state index in [1.54, 1.807) is 24.8 Å². The summed E-state index contributed by atoms with van der Waals surface area (Å²) >= 11 is 3.49. The zero-order valence-corrected chi connectivity index (χ0v) is 15.1. The van der Waals surface area contributed by atoms with Gasteiger partial charge in [-0.25, -0.2) is 9.97 Å². The van der Waals surface area contributed by atoms with Crippen LogP contribution in [0.3, 0.4) is 0 Å². The van der Waals surface area contributed by atoms with Crippen LogP contribution in [0.25, 0.3) is 11.5 Å². The summed E-state index contributed by atoms with van der Waals surface area (Å²) in [4.78, 5) is 12.7. The lowest BCUT2D eigenvalue weighted by Gasteiger charge is -2.09. The Morgan fingerprint density at radius 3 is 2.71 bits per heavy atom. The van der Waals surface area contributed by atoms with Gasteiger partial charge in [0.25, 0.3) is 0 Å². The predicted octanol–water partition coefficient (Wildman–Crippen LogP) is 3.42. The summed E-state index contributed by atoms with van der Waals surface area (Å²) < 4.78 is 8.59. The molecular formula is C14H19BrN4OSi+. The molecule has 2 rings (SSSR count). The van der Waals surface area contributed by atoms with Crippen molar-refractivity contribution in [2.45, 2.75) is 38.6 Å². The SMILES string of the molecule is CC(C)(C)[Si+]CCOCn1c(Br)cnc1-c1cnccn1. The molecule has 0 aliphatic carbocycles. The Hall–Kier alpha value is -1.05. The Bertz CT molecular complexity index is 568. The van der Waals surface area contributed by atoms with Gasteiger partial charge in [0.05, 0.1) is 19.0 Å². The highest BCUT2D eigenvalue weighted by Crippen LogP contribution is 2.22. The molecule has 2 aromatic rings. The van der Waals surface area contributed by atoms with Crippen molar-refractivity contribution in [3.8, 4) is 11.5 Å². The highest BCUT2D eigenvalue weighted by atomic mass is 79.9. The highest BCUT2D eigenvalue weighted by molar-refractivity contribution is 9.10. The second-order valence-corrected chi connectivity index (χ2v) is 8.80. The summed E-state index contributed by atoms with van der Waals surface area (Å²) in [6, 6.07) is 1.08. The first-order chi connectivity index (χ1) is 9.97. The Labute approximate surface area is 136 Å². The number of imidazole rings is 1. The molecule has 2 heterocycles. The summed E-state index contributed by atoms with van der Waals surface area (Å²) in [5.74, 6) is 0.758. The quantitative estimate of drug-likeness (QED) is 0.580. The van der Waals surface area contributed by atoms with Crippen LogP contribution in [-0.4, -0.2) is 35.6 Å². The average molecular weight is 367 g/mol. The smallest absolute Gasteiger partial charge is 0.358 e. The van der Waals surface area contributed by atoms with Crippen LogP contribution in [0.5, 0.6) is 0 Å². The third-order valence-electron chi connectivity index (χ3n) is 2.72. The molecule has 111 valence electrons. The lowest BCUT2D eigenvalue weighted by molar-refractivity contribution is 0.0872. The van der Waals surface area contributed by atoms with Crippen molar-refractivity contribution < 1.29 is 4.74 Å². The van der Waals surface area contributed by atoms with E-state index in [1.807, 2.05) is 4.57 Å². The molecule has 0 spiro atoms. The van der Waals surface area contributed by atoms with Crippen LogP contribution >= 0.6 is 15.9 Å². The van der Waals surface area contributed by atoms with Crippen LogP contribution in [0.15, 0.2) is 29.4 Å². The molecule has 7 heteroatoms. The second-order valence-electron chi connectivity index (χ2n) is 5.64. The van der Waals surface area contributed by atoms with Crippen LogP contribution in [0.4, 0.5) is 0 Å². The van der Waals surface area contributed by atoms with E-state index in [0.29, 0.717) is 11.8 Å². The lowest BCUT2D eigenvalue weighted by atomic mass is 10.3. The molecule has 0 aliphatic rings. The van der Waals surface area contributed by atoms with E-state index in [4.69, 9.17) is 4.74 Å². The van der Waals surface area contributed by atoms with Gasteiger partial charge in [-0.3, -0.25) is 9.55 Å². The fraction of sp³-hybridized carbons (Fsp3) is 0.500. The molecule has 0 fully saturated rings. The van der Waals surface area contributed by atoms with Crippen molar-refractivity contribution in [2.75, 3.05) is 6.61 Å². The number of halogens is 1. The van der Waals surface area contributed by atoms with Gasteiger partial charge in [-0.15, -0.1) is 0 Å². The van der Waals surface area contributed by atoms with Crippen LogP contribution < -0.4 is 0 Å². The molecule has 1 radical (unpaired) electrons. The topological polar surface area (TPSA) is 52.8 Å². The molecule has 0 bridgehead atoms. The van der Waals surface area contributed by atoms with E-state index in [1.165, 1.54) is 0 Å². The number of rotatable bonds is 6. The summed E-state index contributed by atoms with van der Waals surface area (Å²) in [5, 5.41) is 0.379. The van der Waals surface area contributed by atoms with Crippen molar-refractivity contribution >= 4 is 25.4 Å². The molecule has 2 aromatic heterocycles. The number of hydrogen-bond donors (Lipinski definition) is 0. The standard InChI is InChI=1S/C14H19BrN4OSi/c1-14(2,3)21-7-6-20-10-19-12(15)9-18-13(19)11-8-16-4-5-17-11/h4-5,8-9H,6-7,10H2,1-3H3/q+1. The van der Waals surface area contributed by atoms with Gasteiger partial charge in [-0.1, -0.05) is 0 Å². The molecular weight excluding hydrogens is 348 g/mol. The molecule has 0 amide bonds. The molecule has 0 atom stereocenters. The Morgan fingerprint density at radius 1 is 1.24 bits per heavy atom. The molecule has 0 saturated heterocycles. The molecule has 0 aliphatic heterocycles. The van der Waals surface area contributed by atoms with Gasteiger partial charge in [-0.2, -0.15) is 0 Å². The van der Waals surface area contributed by atoms with Gasteiger partial charge in [0.1, 0.15) is 28.1 Å². The zero-order chi connectivity index (χ0) is 15.3. The lowest BCUT2D eigenvalue weighted by Crippen LogP contribution is -2.12. The van der Waals surface area contributed by atoms with Crippen molar-refractivity contribution in [3.05, 3.63) is 29.4 Å². The first-order valence-electron chi connectivity index (χ1n) is 6.77. The molecule has 0 saturated carbocycles. The largest absolute Gasteiger partial charge is 0.489 e. The monoisotopic (exact) mass is 366 g/mol. The Balaban J connectivity index is 1.93. The molecule has 5 nitrogen and oxygen atoms in total. The summed E-state index contributed by atoms with van der Waals surface area (Å²) in [5.41, 5.74) is 0.739. The molecule has 0 N–H and O–H groups in total. The third-order valence-corrected chi connectivity index (χ3v) is 4.87. The maximum atomic E-state index is 5.77. The highest BCUT2D eigenvalue weighted by Gasteiger charge is 2.28. The third kappa shape index (κ3) is 5.01. The summed E-state index contributed by atoms with van der Waals surface area (Å²) in [6.45, 7) is 7.97. The van der Waals surface area contributed by atoms with Crippen LogP contribution in [0.1, 0.15) is 20.8 Å². The minimum atomic E-state index is 0.379. The van der Waals surface area contributed by atoms with E-state index in [9.17, 15) is 0 Å². The minimum absolute atomic E-state index is 0.379. The number of nitrogens with zero attached hydrogens (tertiary/aromatic N) is 4.